The zero-order chi connectivity index (χ0) is 20.8. The third kappa shape index (κ3) is 3.15. The lowest BCUT2D eigenvalue weighted by molar-refractivity contribution is 0.474. The number of fused-ring (bicyclic) bond motifs is 2. The van der Waals surface area contributed by atoms with E-state index in [1.165, 1.54) is 0 Å². The van der Waals surface area contributed by atoms with Gasteiger partial charge in [-0.15, -0.1) is 0 Å². The maximum atomic E-state index is 10.8. The Morgan fingerprint density at radius 3 is 2.93 bits per heavy atom. The van der Waals surface area contributed by atoms with E-state index in [9.17, 15) is 5.11 Å². The molecule has 154 valence electrons. The molecule has 7 nitrogen and oxygen atoms in total. The van der Waals surface area contributed by atoms with E-state index in [2.05, 4.69) is 33.3 Å². The first-order chi connectivity index (χ1) is 14.5. The Bertz CT molecular complexity index is 1250. The van der Waals surface area contributed by atoms with Crippen molar-refractivity contribution in [1.82, 2.24) is 25.1 Å². The van der Waals surface area contributed by atoms with Gasteiger partial charge in [0.25, 0.3) is 0 Å². The summed E-state index contributed by atoms with van der Waals surface area (Å²) in [6, 6.07) is 8.63. The van der Waals surface area contributed by atoms with Crippen LogP contribution in [0, 0.1) is 6.92 Å². The molecule has 7 heteroatoms. The number of hydrogen-bond acceptors (Lipinski definition) is 6. The van der Waals surface area contributed by atoms with Crippen molar-refractivity contribution in [3.8, 4) is 17.0 Å². The highest BCUT2D eigenvalue weighted by molar-refractivity contribution is 5.91. The molecule has 0 bridgehead atoms. The van der Waals surface area contributed by atoms with Crippen molar-refractivity contribution in [2.75, 3.05) is 24.5 Å². The molecule has 0 amide bonds. The standard InChI is InChI=1S/C23H26N6O/c1-4-24-17-7-8-29(13-17)18-9-15-5-6-20(26-23(15)25-11-18)19-10-16-12-28(3)27-21(16)14(2)22(19)30/h5-6,9-12,17,24,30H,4,7-8,13H2,1-3H3. The van der Waals surface area contributed by atoms with Crippen LogP contribution in [-0.4, -0.2) is 50.5 Å². The van der Waals surface area contributed by atoms with Crippen molar-refractivity contribution in [2.24, 2.45) is 7.05 Å². The van der Waals surface area contributed by atoms with Gasteiger partial charge in [0.1, 0.15) is 5.75 Å². The summed E-state index contributed by atoms with van der Waals surface area (Å²) in [6.07, 6.45) is 5.01. The molecule has 1 unspecified atom stereocenters. The van der Waals surface area contributed by atoms with Crippen molar-refractivity contribution in [1.29, 1.82) is 0 Å². The maximum absolute atomic E-state index is 10.8. The molecule has 0 saturated carbocycles. The minimum Gasteiger partial charge on any atom is -0.507 e. The third-order valence-electron chi connectivity index (χ3n) is 5.97. The van der Waals surface area contributed by atoms with Crippen LogP contribution in [0.4, 0.5) is 5.69 Å². The SMILES string of the molecule is CCNC1CCN(c2cnc3nc(-c4cc5cn(C)nc5c(C)c4O)ccc3c2)C1. The lowest BCUT2D eigenvalue weighted by Crippen LogP contribution is -2.32. The molecule has 3 aromatic heterocycles. The Hall–Kier alpha value is -3.19. The topological polar surface area (TPSA) is 79.1 Å². The monoisotopic (exact) mass is 402 g/mol. The van der Waals surface area contributed by atoms with Crippen LogP contribution >= 0.6 is 0 Å². The van der Waals surface area contributed by atoms with Crippen molar-refractivity contribution in [2.45, 2.75) is 26.3 Å². The minimum atomic E-state index is 0.219. The van der Waals surface area contributed by atoms with E-state index in [-0.39, 0.29) is 5.75 Å². The summed E-state index contributed by atoms with van der Waals surface area (Å²) < 4.78 is 1.76. The number of nitrogens with zero attached hydrogens (tertiary/aromatic N) is 5. The van der Waals surface area contributed by atoms with Crippen molar-refractivity contribution in [3.63, 3.8) is 0 Å². The zero-order valence-electron chi connectivity index (χ0n) is 17.6. The highest BCUT2D eigenvalue weighted by Crippen LogP contribution is 2.36. The Balaban J connectivity index is 1.50. The fraction of sp³-hybridized carbons (Fsp3) is 0.348. The summed E-state index contributed by atoms with van der Waals surface area (Å²) in [4.78, 5) is 11.7. The second-order valence-corrected chi connectivity index (χ2v) is 8.06. The van der Waals surface area contributed by atoms with Gasteiger partial charge in [-0.3, -0.25) is 4.68 Å². The van der Waals surface area contributed by atoms with E-state index < -0.39 is 0 Å². The lowest BCUT2D eigenvalue weighted by atomic mass is 10.0. The Kier molecular flexibility index (Phi) is 4.55. The van der Waals surface area contributed by atoms with Gasteiger partial charge in [-0.2, -0.15) is 5.10 Å². The number of aromatic nitrogens is 4. The molecule has 2 N–H and O–H groups in total. The van der Waals surface area contributed by atoms with Crippen LogP contribution in [0.5, 0.6) is 5.75 Å². The smallest absolute Gasteiger partial charge is 0.159 e. The molecular formula is C23H26N6O. The van der Waals surface area contributed by atoms with E-state index in [1.54, 1.807) is 4.68 Å². The molecule has 1 saturated heterocycles. The van der Waals surface area contributed by atoms with E-state index in [4.69, 9.17) is 4.98 Å². The summed E-state index contributed by atoms with van der Waals surface area (Å²) in [5, 5.41) is 20.7. The van der Waals surface area contributed by atoms with E-state index in [0.29, 0.717) is 22.9 Å². The summed E-state index contributed by atoms with van der Waals surface area (Å²) in [5.74, 6) is 0.219. The van der Waals surface area contributed by atoms with Gasteiger partial charge < -0.3 is 15.3 Å². The number of phenols is 1. The number of pyridine rings is 2. The average Bonchev–Trinajstić information content (AvgIpc) is 3.36. The molecule has 4 heterocycles. The third-order valence-corrected chi connectivity index (χ3v) is 5.97. The predicted molar refractivity (Wildman–Crippen MR) is 120 cm³/mol. The van der Waals surface area contributed by atoms with Crippen molar-refractivity contribution >= 4 is 27.6 Å². The fourth-order valence-corrected chi connectivity index (χ4v) is 4.41. The lowest BCUT2D eigenvalue weighted by Gasteiger charge is -2.19. The molecule has 1 aromatic carbocycles. The largest absolute Gasteiger partial charge is 0.507 e. The van der Waals surface area contributed by atoms with E-state index >= 15 is 0 Å². The summed E-state index contributed by atoms with van der Waals surface area (Å²) in [6.45, 7) is 7.07. The average molecular weight is 403 g/mol. The number of phenolic OH excluding ortho intramolecular Hbond substituents is 1. The molecule has 30 heavy (non-hydrogen) atoms. The van der Waals surface area contributed by atoms with Gasteiger partial charge >= 0.3 is 0 Å². The van der Waals surface area contributed by atoms with Crippen molar-refractivity contribution in [3.05, 3.63) is 42.2 Å². The highest BCUT2D eigenvalue weighted by Gasteiger charge is 2.22. The van der Waals surface area contributed by atoms with Gasteiger partial charge in [0.2, 0.25) is 0 Å². The highest BCUT2D eigenvalue weighted by atomic mass is 16.3. The number of likely N-dealkylation sites (N-methyl/N-ethyl adjacent to an activating group) is 1. The van der Waals surface area contributed by atoms with Gasteiger partial charge in [-0.25, -0.2) is 9.97 Å². The molecule has 1 atom stereocenters. The molecule has 1 aliphatic rings. The molecule has 1 fully saturated rings. The normalized spacial score (nSPS) is 16.8. The molecule has 0 spiro atoms. The van der Waals surface area contributed by atoms with Gasteiger partial charge in [-0.05, 0) is 44.2 Å². The van der Waals surface area contributed by atoms with Crippen LogP contribution in [-0.2, 0) is 7.05 Å². The summed E-state index contributed by atoms with van der Waals surface area (Å²) >= 11 is 0. The van der Waals surface area contributed by atoms with Gasteiger partial charge in [0.15, 0.2) is 5.65 Å². The molecule has 0 aliphatic carbocycles. The Labute approximate surface area is 175 Å². The number of rotatable bonds is 4. The number of aryl methyl sites for hydroxylation is 2. The van der Waals surface area contributed by atoms with Gasteiger partial charge in [-0.1, -0.05) is 6.92 Å². The molecular weight excluding hydrogens is 376 g/mol. The molecule has 5 rings (SSSR count). The van der Waals surface area contributed by atoms with Crippen LogP contribution < -0.4 is 10.2 Å². The van der Waals surface area contributed by atoms with Crippen molar-refractivity contribution < 1.29 is 5.11 Å². The number of aromatic hydroxyl groups is 1. The van der Waals surface area contributed by atoms with Crippen LogP contribution in [0.15, 0.2) is 36.7 Å². The molecule has 4 aromatic rings. The second-order valence-electron chi connectivity index (χ2n) is 8.06. The minimum absolute atomic E-state index is 0.219. The second kappa shape index (κ2) is 7.25. The van der Waals surface area contributed by atoms with E-state index in [1.807, 2.05) is 44.6 Å². The first-order valence-electron chi connectivity index (χ1n) is 10.4. The zero-order valence-corrected chi connectivity index (χ0v) is 17.6. The summed E-state index contributed by atoms with van der Waals surface area (Å²) in [7, 11) is 1.88. The number of anilines is 1. The Morgan fingerprint density at radius 2 is 2.10 bits per heavy atom. The first-order valence-corrected chi connectivity index (χ1v) is 10.4. The van der Waals surface area contributed by atoms with Crippen LogP contribution in [0.25, 0.3) is 33.2 Å². The molecule has 1 aliphatic heterocycles. The van der Waals surface area contributed by atoms with Crippen LogP contribution in [0.2, 0.25) is 0 Å². The number of hydrogen-bond donors (Lipinski definition) is 2. The fourth-order valence-electron chi connectivity index (χ4n) is 4.41. The first kappa shape index (κ1) is 18.8. The van der Waals surface area contributed by atoms with Crippen LogP contribution in [0.3, 0.4) is 0 Å². The van der Waals surface area contributed by atoms with E-state index in [0.717, 1.165) is 53.6 Å². The quantitative estimate of drug-likeness (QED) is 0.545. The molecule has 0 radical (unpaired) electrons. The van der Waals surface area contributed by atoms with Gasteiger partial charge in [0.05, 0.1) is 23.1 Å². The van der Waals surface area contributed by atoms with Gasteiger partial charge in [0, 0.05) is 54.3 Å². The maximum Gasteiger partial charge on any atom is 0.159 e. The summed E-state index contributed by atoms with van der Waals surface area (Å²) in [5.41, 5.74) is 4.80. The number of benzene rings is 1. The van der Waals surface area contributed by atoms with Crippen LogP contribution in [0.1, 0.15) is 18.9 Å². The predicted octanol–water partition coefficient (Wildman–Crippen LogP) is 3.39. The number of nitrogens with one attached hydrogen (secondary N) is 1. The Morgan fingerprint density at radius 1 is 1.23 bits per heavy atom.